The fourth-order valence-electron chi connectivity index (χ4n) is 1.37. The van der Waals surface area contributed by atoms with E-state index in [-0.39, 0.29) is 4.99 Å². The molecule has 0 spiro atoms. The Bertz CT molecular complexity index is 514. The molecule has 1 rings (SSSR count). The molecule has 18 heavy (non-hydrogen) atoms. The summed E-state index contributed by atoms with van der Waals surface area (Å²) < 4.78 is 31.2. The summed E-state index contributed by atoms with van der Waals surface area (Å²) in [5.74, 6) is 0.402. The zero-order chi connectivity index (χ0) is 13.8. The summed E-state index contributed by atoms with van der Waals surface area (Å²) in [5, 5.41) is -0.894. The summed E-state index contributed by atoms with van der Waals surface area (Å²) in [6.45, 7) is 1.70. The zero-order valence-electron chi connectivity index (χ0n) is 10.1. The van der Waals surface area contributed by atoms with E-state index in [0.717, 1.165) is 0 Å². The van der Waals surface area contributed by atoms with Crippen LogP contribution in [0.15, 0.2) is 18.3 Å². The van der Waals surface area contributed by atoms with E-state index in [9.17, 15) is 8.42 Å². The number of nitrogens with two attached hydrogens (primary N) is 1. The maximum absolute atomic E-state index is 12.0. The van der Waals surface area contributed by atoms with Crippen LogP contribution < -0.4 is 15.2 Å². The number of hydrogen-bond donors (Lipinski definition) is 2. The molecule has 100 valence electrons. The third kappa shape index (κ3) is 3.54. The number of nitrogens with zero attached hydrogens (tertiary/aromatic N) is 1. The second kappa shape index (κ2) is 5.96. The Morgan fingerprint density at radius 2 is 2.28 bits per heavy atom. The normalized spacial score (nSPS) is 12.8. The molecule has 3 N–H and O–H groups in total. The van der Waals surface area contributed by atoms with Crippen molar-refractivity contribution in [2.24, 2.45) is 5.73 Å². The fourth-order valence-corrected chi connectivity index (χ4v) is 3.25. The molecule has 1 heterocycles. The minimum atomic E-state index is -3.64. The van der Waals surface area contributed by atoms with Gasteiger partial charge in [0, 0.05) is 6.07 Å². The molecular formula is C10H15N3O3S2. The molecule has 0 aliphatic heterocycles. The van der Waals surface area contributed by atoms with Gasteiger partial charge in [0.25, 0.3) is 0 Å². The number of ether oxygens (including phenoxy) is 1. The van der Waals surface area contributed by atoms with Gasteiger partial charge in [0.15, 0.2) is 0 Å². The topological polar surface area (TPSA) is 94.3 Å². The number of aromatic nitrogens is 1. The molecule has 1 aromatic rings. The lowest BCUT2D eigenvalue weighted by atomic mass is 10.3. The van der Waals surface area contributed by atoms with Gasteiger partial charge in [-0.05, 0) is 12.5 Å². The molecule has 0 saturated heterocycles. The lowest BCUT2D eigenvalue weighted by molar-refractivity contribution is 0.398. The van der Waals surface area contributed by atoms with Crippen molar-refractivity contribution in [1.29, 1.82) is 0 Å². The first-order valence-corrected chi connectivity index (χ1v) is 7.17. The van der Waals surface area contributed by atoms with Crippen LogP contribution in [-0.2, 0) is 10.0 Å². The number of rotatable bonds is 6. The zero-order valence-corrected chi connectivity index (χ0v) is 11.7. The van der Waals surface area contributed by atoms with Crippen LogP contribution in [0.4, 0.5) is 5.69 Å². The van der Waals surface area contributed by atoms with Gasteiger partial charge >= 0.3 is 0 Å². The third-order valence-electron chi connectivity index (χ3n) is 2.27. The van der Waals surface area contributed by atoms with Gasteiger partial charge in [0.1, 0.15) is 5.25 Å². The van der Waals surface area contributed by atoms with Crippen molar-refractivity contribution < 1.29 is 13.2 Å². The molecule has 0 radical (unpaired) electrons. The first kappa shape index (κ1) is 14.7. The SMILES string of the molecule is CCC(C(N)=S)S(=O)(=O)Nc1ccc(OC)nc1. The van der Waals surface area contributed by atoms with E-state index in [1.165, 1.54) is 13.3 Å². The molecular weight excluding hydrogens is 274 g/mol. The van der Waals surface area contributed by atoms with Crippen molar-refractivity contribution in [2.45, 2.75) is 18.6 Å². The lowest BCUT2D eigenvalue weighted by Gasteiger charge is -2.15. The van der Waals surface area contributed by atoms with Crippen molar-refractivity contribution in [2.75, 3.05) is 11.8 Å². The molecule has 0 bridgehead atoms. The van der Waals surface area contributed by atoms with E-state index in [2.05, 4.69) is 9.71 Å². The first-order chi connectivity index (χ1) is 8.40. The van der Waals surface area contributed by atoms with Crippen LogP contribution in [0.3, 0.4) is 0 Å². The minimum Gasteiger partial charge on any atom is -0.481 e. The van der Waals surface area contributed by atoms with E-state index < -0.39 is 15.3 Å². The van der Waals surface area contributed by atoms with Gasteiger partial charge in [-0.1, -0.05) is 19.1 Å². The van der Waals surface area contributed by atoms with Crippen LogP contribution in [0.1, 0.15) is 13.3 Å². The Labute approximate surface area is 112 Å². The van der Waals surface area contributed by atoms with Gasteiger partial charge in [0.2, 0.25) is 15.9 Å². The lowest BCUT2D eigenvalue weighted by Crippen LogP contribution is -2.37. The number of methoxy groups -OCH3 is 1. The summed E-state index contributed by atoms with van der Waals surface area (Å²) in [4.78, 5) is 3.85. The predicted octanol–water partition coefficient (Wildman–Crippen LogP) is 0.897. The second-order valence-electron chi connectivity index (χ2n) is 3.54. The fraction of sp³-hybridized carbons (Fsp3) is 0.400. The molecule has 1 unspecified atom stereocenters. The highest BCUT2D eigenvalue weighted by Crippen LogP contribution is 2.15. The maximum atomic E-state index is 12.0. The minimum absolute atomic E-state index is 0.0496. The van der Waals surface area contributed by atoms with E-state index in [4.69, 9.17) is 22.7 Å². The van der Waals surface area contributed by atoms with Gasteiger partial charge in [-0.3, -0.25) is 4.72 Å². The van der Waals surface area contributed by atoms with Crippen LogP contribution in [0.25, 0.3) is 0 Å². The highest BCUT2D eigenvalue weighted by molar-refractivity contribution is 7.95. The van der Waals surface area contributed by atoms with Crippen molar-refractivity contribution in [3.8, 4) is 5.88 Å². The van der Waals surface area contributed by atoms with Crippen LogP contribution in [0.5, 0.6) is 5.88 Å². The molecule has 8 heteroatoms. The third-order valence-corrected chi connectivity index (χ3v) is 4.56. The van der Waals surface area contributed by atoms with Crippen molar-refractivity contribution >= 4 is 32.9 Å². The standard InChI is InChI=1S/C10H15N3O3S2/c1-3-8(10(11)17)18(14,15)13-7-4-5-9(16-2)12-6-7/h4-6,8,13H,3H2,1-2H3,(H2,11,17). The summed E-state index contributed by atoms with van der Waals surface area (Å²) >= 11 is 4.74. The quantitative estimate of drug-likeness (QED) is 0.756. The highest BCUT2D eigenvalue weighted by Gasteiger charge is 2.26. The number of hydrogen-bond acceptors (Lipinski definition) is 5. The summed E-state index contributed by atoms with van der Waals surface area (Å²) in [6, 6.07) is 3.11. The highest BCUT2D eigenvalue weighted by atomic mass is 32.2. The van der Waals surface area contributed by atoms with Gasteiger partial charge in [-0.25, -0.2) is 13.4 Å². The molecule has 0 aromatic carbocycles. The van der Waals surface area contributed by atoms with E-state index in [1.807, 2.05) is 0 Å². The predicted molar refractivity (Wildman–Crippen MR) is 74.2 cm³/mol. The van der Waals surface area contributed by atoms with Gasteiger partial charge in [-0.2, -0.15) is 0 Å². The Kier molecular flexibility index (Phi) is 4.85. The van der Waals surface area contributed by atoms with Crippen molar-refractivity contribution in [3.05, 3.63) is 18.3 Å². The molecule has 0 aliphatic rings. The van der Waals surface area contributed by atoms with Crippen LogP contribution >= 0.6 is 12.2 Å². The molecule has 1 atom stereocenters. The number of thiocarbonyl (C=S) groups is 1. The van der Waals surface area contributed by atoms with Gasteiger partial charge in [-0.15, -0.1) is 0 Å². The average Bonchev–Trinajstić information content (AvgIpc) is 2.29. The van der Waals surface area contributed by atoms with Gasteiger partial charge in [0.05, 0.1) is 24.0 Å². The summed E-state index contributed by atoms with van der Waals surface area (Å²) in [5.41, 5.74) is 5.75. The number of sulfonamides is 1. The largest absolute Gasteiger partial charge is 0.481 e. The first-order valence-electron chi connectivity index (χ1n) is 5.21. The molecule has 1 aromatic heterocycles. The van der Waals surface area contributed by atoms with Crippen LogP contribution in [0.2, 0.25) is 0 Å². The monoisotopic (exact) mass is 289 g/mol. The number of pyridine rings is 1. The molecule has 0 amide bonds. The second-order valence-corrected chi connectivity index (χ2v) is 5.87. The van der Waals surface area contributed by atoms with Crippen molar-refractivity contribution in [1.82, 2.24) is 4.98 Å². The summed E-state index contributed by atoms with van der Waals surface area (Å²) in [6.07, 6.45) is 1.68. The van der Waals surface area contributed by atoms with Crippen LogP contribution in [0, 0.1) is 0 Å². The van der Waals surface area contributed by atoms with E-state index in [0.29, 0.717) is 18.0 Å². The number of nitrogens with one attached hydrogen (secondary N) is 1. The molecule has 0 fully saturated rings. The smallest absolute Gasteiger partial charge is 0.242 e. The average molecular weight is 289 g/mol. The van der Waals surface area contributed by atoms with E-state index >= 15 is 0 Å². The molecule has 6 nitrogen and oxygen atoms in total. The Balaban J connectivity index is 2.90. The Hall–Kier alpha value is -1.41. The van der Waals surface area contributed by atoms with Crippen LogP contribution in [-0.4, -0.2) is 30.8 Å². The Morgan fingerprint density at radius 1 is 1.61 bits per heavy atom. The van der Waals surface area contributed by atoms with E-state index in [1.54, 1.807) is 19.1 Å². The number of anilines is 1. The van der Waals surface area contributed by atoms with Crippen molar-refractivity contribution in [3.63, 3.8) is 0 Å². The van der Waals surface area contributed by atoms with Gasteiger partial charge < -0.3 is 10.5 Å². The summed E-state index contributed by atoms with van der Waals surface area (Å²) in [7, 11) is -2.16. The molecule has 0 aliphatic carbocycles. The molecule has 0 saturated carbocycles. The maximum Gasteiger partial charge on any atom is 0.242 e. The Morgan fingerprint density at radius 3 is 2.67 bits per heavy atom.